The van der Waals surface area contributed by atoms with Crippen molar-refractivity contribution in [2.45, 2.75) is 102 Å². The summed E-state index contributed by atoms with van der Waals surface area (Å²) in [6.07, 6.45) is 13.0. The van der Waals surface area contributed by atoms with Crippen LogP contribution in [0.1, 0.15) is 84.0 Å². The van der Waals surface area contributed by atoms with Crippen molar-refractivity contribution >= 4 is 19.4 Å². The Balaban J connectivity index is 0.000000472. The summed E-state index contributed by atoms with van der Waals surface area (Å²) in [5.74, 6) is -0.178. The molecule has 2 aromatic rings. The zero-order valence-electron chi connectivity index (χ0n) is 23.1. The van der Waals surface area contributed by atoms with E-state index in [1.165, 1.54) is 56.9 Å². The summed E-state index contributed by atoms with van der Waals surface area (Å²) in [5.41, 5.74) is -0.135. The van der Waals surface area contributed by atoms with Crippen molar-refractivity contribution in [1.29, 1.82) is 0 Å². The molecule has 2 saturated carbocycles. The molecule has 4 rings (SSSR count). The standard InChI is InChI=1S/C22H27N2O7P.C7H14O/c1-17(22(25)29-19-9-5-2-3-6-10-19)23-32(28,30-20-11-7-4-8-12-20)31-21-15-13-18(14-16-21)24(26)27;8-7-5-3-1-2-4-6-7/h4,7-8,11-17,19H,2-3,5-6,9-10H2,1H3,(H,23,28);7-8H,1-6H2/t17-,32?;/m0./s1. The number of carbonyl (C=O) groups excluding carboxylic acids is 1. The summed E-state index contributed by atoms with van der Waals surface area (Å²) in [4.78, 5) is 23.0. The predicted octanol–water partition coefficient (Wildman–Crippen LogP) is 7.11. The predicted molar refractivity (Wildman–Crippen MR) is 152 cm³/mol. The molecule has 0 radical (unpaired) electrons. The van der Waals surface area contributed by atoms with E-state index in [0.717, 1.165) is 51.4 Å². The lowest BCUT2D eigenvalue weighted by Gasteiger charge is -2.24. The molecule has 10 nitrogen and oxygen atoms in total. The first-order chi connectivity index (χ1) is 19.2. The fraction of sp³-hybridized carbons (Fsp3) is 0.552. The molecule has 1 unspecified atom stereocenters. The number of non-ortho nitro benzene ring substituents is 1. The molecule has 2 atom stereocenters. The van der Waals surface area contributed by atoms with E-state index < -0.39 is 24.7 Å². The number of para-hydroxylation sites is 1. The fourth-order valence-electron chi connectivity index (χ4n) is 4.63. The van der Waals surface area contributed by atoms with Crippen LogP contribution in [0.15, 0.2) is 54.6 Å². The number of hydrogen-bond donors (Lipinski definition) is 2. The van der Waals surface area contributed by atoms with Gasteiger partial charge in [0.25, 0.3) is 5.69 Å². The number of carbonyl (C=O) groups is 1. The summed E-state index contributed by atoms with van der Waals surface area (Å²) >= 11 is 0. The average Bonchev–Trinajstić information content (AvgIpc) is 3.34. The normalized spacial score (nSPS) is 18.9. The SMILES string of the molecule is C[C@H](NP(=O)(Oc1ccccc1)Oc1ccc([N+](=O)[O-])cc1)C(=O)OC1CCCCCC1.OC1CCCCCC1. The van der Waals surface area contributed by atoms with Crippen LogP contribution in [0.25, 0.3) is 0 Å². The minimum absolute atomic E-state index is 0.0255. The maximum Gasteiger partial charge on any atom is 0.513 e. The number of nitro groups is 1. The van der Waals surface area contributed by atoms with Crippen LogP contribution in [0.2, 0.25) is 0 Å². The van der Waals surface area contributed by atoms with Gasteiger partial charge in [0.05, 0.1) is 11.0 Å². The zero-order valence-corrected chi connectivity index (χ0v) is 24.0. The van der Waals surface area contributed by atoms with E-state index in [2.05, 4.69) is 5.09 Å². The molecule has 2 aliphatic rings. The van der Waals surface area contributed by atoms with Gasteiger partial charge in [-0.15, -0.1) is 0 Å². The third-order valence-electron chi connectivity index (χ3n) is 6.86. The minimum Gasteiger partial charge on any atom is -0.461 e. The van der Waals surface area contributed by atoms with Gasteiger partial charge < -0.3 is 18.9 Å². The lowest BCUT2D eigenvalue weighted by atomic mass is 10.1. The lowest BCUT2D eigenvalue weighted by Crippen LogP contribution is -2.37. The van der Waals surface area contributed by atoms with Crippen LogP contribution in [-0.4, -0.2) is 34.2 Å². The molecule has 2 fully saturated rings. The number of ether oxygens (including phenoxy) is 1. The Morgan fingerprint density at radius 2 is 1.38 bits per heavy atom. The minimum atomic E-state index is -4.09. The van der Waals surface area contributed by atoms with Gasteiger partial charge in [-0.25, -0.2) is 4.57 Å². The van der Waals surface area contributed by atoms with Gasteiger partial charge in [0, 0.05) is 12.1 Å². The van der Waals surface area contributed by atoms with Gasteiger partial charge in [-0.05, 0) is 69.7 Å². The summed E-state index contributed by atoms with van der Waals surface area (Å²) in [7, 11) is -4.09. The Bertz CT molecular complexity index is 1080. The zero-order chi connectivity index (χ0) is 28.8. The highest BCUT2D eigenvalue weighted by Gasteiger charge is 2.34. The molecule has 0 aliphatic heterocycles. The number of aliphatic hydroxyl groups is 1. The highest BCUT2D eigenvalue weighted by Crippen LogP contribution is 2.45. The second-order valence-electron chi connectivity index (χ2n) is 10.3. The molecule has 40 heavy (non-hydrogen) atoms. The molecular weight excluding hydrogens is 535 g/mol. The number of hydrogen-bond acceptors (Lipinski definition) is 8. The van der Waals surface area contributed by atoms with Gasteiger partial charge in [0.15, 0.2) is 0 Å². The molecule has 0 heterocycles. The summed E-state index contributed by atoms with van der Waals surface area (Å²) in [5, 5.41) is 22.6. The average molecular weight is 577 g/mol. The maximum absolute atomic E-state index is 13.5. The molecule has 220 valence electrons. The second-order valence-corrected chi connectivity index (χ2v) is 11.9. The van der Waals surface area contributed by atoms with Crippen LogP contribution in [0.5, 0.6) is 11.5 Å². The van der Waals surface area contributed by atoms with Crippen molar-refractivity contribution in [2.75, 3.05) is 0 Å². The molecule has 2 N–H and O–H groups in total. The third kappa shape index (κ3) is 11.3. The molecular formula is C29H41N2O8P. The maximum atomic E-state index is 13.5. The number of nitro benzene ring substituents is 1. The van der Waals surface area contributed by atoms with Crippen molar-refractivity contribution in [2.24, 2.45) is 0 Å². The van der Waals surface area contributed by atoms with E-state index in [1.54, 1.807) is 30.3 Å². The fourth-order valence-corrected chi connectivity index (χ4v) is 6.15. The highest BCUT2D eigenvalue weighted by molar-refractivity contribution is 7.52. The van der Waals surface area contributed by atoms with E-state index in [4.69, 9.17) is 18.9 Å². The van der Waals surface area contributed by atoms with Crippen molar-refractivity contribution in [1.82, 2.24) is 5.09 Å². The van der Waals surface area contributed by atoms with Crippen LogP contribution in [0.3, 0.4) is 0 Å². The number of nitrogens with one attached hydrogen (secondary N) is 1. The van der Waals surface area contributed by atoms with Crippen molar-refractivity contribution in [3.63, 3.8) is 0 Å². The van der Waals surface area contributed by atoms with Gasteiger partial charge in [-0.2, -0.15) is 5.09 Å². The van der Waals surface area contributed by atoms with Gasteiger partial charge in [-0.3, -0.25) is 14.9 Å². The lowest BCUT2D eigenvalue weighted by molar-refractivity contribution is -0.384. The first kappa shape index (κ1) is 31.6. The molecule has 0 saturated heterocycles. The van der Waals surface area contributed by atoms with Crippen LogP contribution < -0.4 is 14.1 Å². The van der Waals surface area contributed by atoms with Crippen molar-refractivity contribution in [3.05, 3.63) is 64.7 Å². The third-order valence-corrected chi connectivity index (χ3v) is 8.46. The molecule has 0 amide bonds. The second kappa shape index (κ2) is 16.4. The Kier molecular flexibility index (Phi) is 12.9. The van der Waals surface area contributed by atoms with Crippen molar-refractivity contribution < 1.29 is 33.2 Å². The first-order valence-corrected chi connectivity index (χ1v) is 15.7. The molecule has 2 aliphatic carbocycles. The quantitative estimate of drug-likeness (QED) is 0.105. The smallest absolute Gasteiger partial charge is 0.461 e. The van der Waals surface area contributed by atoms with Gasteiger partial charge in [-0.1, -0.05) is 56.7 Å². The van der Waals surface area contributed by atoms with Gasteiger partial charge >= 0.3 is 13.7 Å². The Morgan fingerprint density at radius 1 is 0.875 bits per heavy atom. The molecule has 0 aromatic heterocycles. The number of aliphatic hydroxyl groups excluding tert-OH is 1. The van der Waals surface area contributed by atoms with E-state index in [9.17, 15) is 19.5 Å². The molecule has 0 bridgehead atoms. The summed E-state index contributed by atoms with van der Waals surface area (Å²) < 4.78 is 30.3. The van der Waals surface area contributed by atoms with Crippen LogP contribution >= 0.6 is 7.75 Å². The summed E-state index contributed by atoms with van der Waals surface area (Å²) in [6, 6.07) is 12.5. The van der Waals surface area contributed by atoms with E-state index in [1.807, 2.05) is 0 Å². The first-order valence-electron chi connectivity index (χ1n) is 14.2. The summed E-state index contributed by atoms with van der Waals surface area (Å²) in [6.45, 7) is 1.53. The van der Waals surface area contributed by atoms with Crippen molar-refractivity contribution in [3.8, 4) is 11.5 Å². The number of rotatable bonds is 9. The number of nitrogens with zero attached hydrogens (tertiary/aromatic N) is 1. The highest BCUT2D eigenvalue weighted by atomic mass is 31.2. The molecule has 0 spiro atoms. The Labute approximate surface area is 236 Å². The van der Waals surface area contributed by atoms with Crippen LogP contribution in [-0.2, 0) is 14.1 Å². The van der Waals surface area contributed by atoms with Gasteiger partial charge in [0.2, 0.25) is 0 Å². The Morgan fingerprint density at radius 3 is 1.90 bits per heavy atom. The van der Waals surface area contributed by atoms with E-state index in [-0.39, 0.29) is 29.4 Å². The van der Waals surface area contributed by atoms with Gasteiger partial charge in [0.1, 0.15) is 23.6 Å². The largest absolute Gasteiger partial charge is 0.513 e. The van der Waals surface area contributed by atoms with Crippen LogP contribution in [0.4, 0.5) is 5.69 Å². The van der Waals surface area contributed by atoms with E-state index in [0.29, 0.717) is 0 Å². The topological polar surface area (TPSA) is 137 Å². The van der Waals surface area contributed by atoms with E-state index >= 15 is 0 Å². The number of esters is 1. The molecule has 11 heteroatoms. The van der Waals surface area contributed by atoms with Crippen LogP contribution in [0, 0.1) is 10.1 Å². The Hall–Kier alpha value is -2.94. The monoisotopic (exact) mass is 576 g/mol. The number of benzene rings is 2. The molecule has 2 aromatic carbocycles.